The third-order valence-electron chi connectivity index (χ3n) is 3.66. The lowest BCUT2D eigenvalue weighted by Crippen LogP contribution is -1.99. The maximum absolute atomic E-state index is 6.23. The average Bonchev–Trinajstić information content (AvgIpc) is 3.03. The summed E-state index contributed by atoms with van der Waals surface area (Å²) in [4.78, 5) is 0. The van der Waals surface area contributed by atoms with Gasteiger partial charge in [0.25, 0.3) is 0 Å². The van der Waals surface area contributed by atoms with Gasteiger partial charge in [0, 0.05) is 0 Å². The number of ether oxygens (including phenoxy) is 2. The van der Waals surface area contributed by atoms with E-state index in [0.29, 0.717) is 34.6 Å². The second-order valence-electron chi connectivity index (χ2n) is 5.46. The number of rotatable bonds is 7. The molecule has 2 aromatic carbocycles. The van der Waals surface area contributed by atoms with Crippen molar-refractivity contribution in [3.8, 4) is 22.9 Å². The van der Waals surface area contributed by atoms with E-state index < -0.39 is 0 Å². The van der Waals surface area contributed by atoms with Gasteiger partial charge in [0.2, 0.25) is 4.77 Å². The van der Waals surface area contributed by atoms with E-state index in [-0.39, 0.29) is 0 Å². The Labute approximate surface area is 167 Å². The van der Waals surface area contributed by atoms with Crippen LogP contribution in [0.15, 0.2) is 47.6 Å². The summed E-state index contributed by atoms with van der Waals surface area (Å²) < 4.78 is 13.1. The predicted molar refractivity (Wildman–Crippen MR) is 110 cm³/mol. The molecule has 0 bridgehead atoms. The van der Waals surface area contributed by atoms with Crippen molar-refractivity contribution >= 4 is 30.0 Å². The largest absolute Gasteiger partial charge is 0.493 e. The van der Waals surface area contributed by atoms with E-state index in [1.54, 1.807) is 17.0 Å². The summed E-state index contributed by atoms with van der Waals surface area (Å²) in [6, 6.07) is 13.1. The molecule has 140 valence electrons. The molecule has 0 aliphatic carbocycles. The monoisotopic (exact) mass is 402 g/mol. The van der Waals surface area contributed by atoms with Crippen molar-refractivity contribution in [3.63, 3.8) is 0 Å². The fourth-order valence-electron chi connectivity index (χ4n) is 2.50. The van der Waals surface area contributed by atoms with Gasteiger partial charge in [0.15, 0.2) is 5.82 Å². The van der Waals surface area contributed by atoms with E-state index in [9.17, 15) is 0 Å². The lowest BCUT2D eigenvalue weighted by Gasteiger charge is -2.09. The Bertz CT molecular complexity index is 1010. The zero-order chi connectivity index (χ0) is 19.2. The highest BCUT2D eigenvalue weighted by atomic mass is 35.5. The first-order valence-electron chi connectivity index (χ1n) is 8.50. The molecule has 0 aliphatic rings. The number of aromatic amines is 1. The van der Waals surface area contributed by atoms with Crippen molar-refractivity contribution < 1.29 is 9.47 Å². The van der Waals surface area contributed by atoms with Crippen molar-refractivity contribution in [1.29, 1.82) is 0 Å². The second-order valence-corrected chi connectivity index (χ2v) is 6.25. The molecule has 27 heavy (non-hydrogen) atoms. The fourth-order valence-corrected chi connectivity index (χ4v) is 2.92. The maximum Gasteiger partial charge on any atom is 0.216 e. The first-order chi connectivity index (χ1) is 13.1. The van der Waals surface area contributed by atoms with Gasteiger partial charge in [-0.2, -0.15) is 14.9 Å². The SMILES string of the molecule is CCOc1ccc(/C=N\n2c(-c3ccccc3OCC)n[nH]c2=S)cc1Cl. The number of nitrogens with zero attached hydrogens (tertiary/aromatic N) is 3. The van der Waals surface area contributed by atoms with Crippen molar-refractivity contribution in [3.05, 3.63) is 57.8 Å². The van der Waals surface area contributed by atoms with Crippen LogP contribution >= 0.6 is 23.8 Å². The number of H-pyrrole nitrogens is 1. The molecule has 0 aliphatic heterocycles. The van der Waals surface area contributed by atoms with E-state index in [4.69, 9.17) is 33.3 Å². The number of aromatic nitrogens is 3. The highest BCUT2D eigenvalue weighted by Crippen LogP contribution is 2.29. The molecule has 0 unspecified atom stereocenters. The minimum absolute atomic E-state index is 0.379. The van der Waals surface area contributed by atoms with Gasteiger partial charge in [-0.3, -0.25) is 0 Å². The van der Waals surface area contributed by atoms with E-state index in [2.05, 4.69) is 15.3 Å². The highest BCUT2D eigenvalue weighted by Gasteiger charge is 2.13. The van der Waals surface area contributed by atoms with Gasteiger partial charge >= 0.3 is 0 Å². The molecule has 3 rings (SSSR count). The molecular weight excluding hydrogens is 384 g/mol. The molecule has 1 N–H and O–H groups in total. The van der Waals surface area contributed by atoms with E-state index in [1.807, 2.05) is 50.2 Å². The molecule has 0 fully saturated rings. The third-order valence-corrected chi connectivity index (χ3v) is 4.22. The van der Waals surface area contributed by atoms with Crippen LogP contribution in [-0.4, -0.2) is 34.3 Å². The maximum atomic E-state index is 6.23. The fraction of sp³-hybridized carbons (Fsp3) is 0.211. The van der Waals surface area contributed by atoms with Gasteiger partial charge in [0.05, 0.1) is 30.0 Å². The third kappa shape index (κ3) is 4.37. The van der Waals surface area contributed by atoms with Gasteiger partial charge in [-0.1, -0.05) is 23.7 Å². The zero-order valence-corrected chi connectivity index (χ0v) is 16.5. The number of hydrogen-bond donors (Lipinski definition) is 1. The molecule has 3 aromatic rings. The van der Waals surface area contributed by atoms with E-state index >= 15 is 0 Å². The Morgan fingerprint density at radius 2 is 1.89 bits per heavy atom. The topological polar surface area (TPSA) is 64.4 Å². The Balaban J connectivity index is 1.95. The number of benzene rings is 2. The normalized spacial score (nSPS) is 11.1. The van der Waals surface area contributed by atoms with Gasteiger partial charge in [-0.25, -0.2) is 5.10 Å². The van der Waals surface area contributed by atoms with Gasteiger partial charge in [-0.15, -0.1) is 0 Å². The van der Waals surface area contributed by atoms with E-state index in [1.165, 1.54) is 0 Å². The molecular formula is C19H19ClN4O2S. The van der Waals surface area contributed by atoms with Crippen LogP contribution in [0.25, 0.3) is 11.4 Å². The van der Waals surface area contributed by atoms with Crippen molar-refractivity contribution in [1.82, 2.24) is 14.9 Å². The molecule has 0 saturated carbocycles. The Hall–Kier alpha value is -2.64. The van der Waals surface area contributed by atoms with Crippen molar-refractivity contribution in [2.45, 2.75) is 13.8 Å². The Morgan fingerprint density at radius 3 is 2.63 bits per heavy atom. The predicted octanol–water partition coefficient (Wildman–Crippen LogP) is 4.94. The first kappa shape index (κ1) is 19.1. The quantitative estimate of drug-likeness (QED) is 0.449. The van der Waals surface area contributed by atoms with Crippen LogP contribution in [0.5, 0.6) is 11.5 Å². The Morgan fingerprint density at radius 1 is 1.15 bits per heavy atom. The van der Waals surface area contributed by atoms with Crippen LogP contribution in [0.1, 0.15) is 19.4 Å². The minimum Gasteiger partial charge on any atom is -0.493 e. The minimum atomic E-state index is 0.379. The van der Waals surface area contributed by atoms with Crippen molar-refractivity contribution in [2.24, 2.45) is 5.10 Å². The summed E-state index contributed by atoms with van der Waals surface area (Å²) in [5.41, 5.74) is 1.61. The van der Waals surface area contributed by atoms with E-state index in [0.717, 1.165) is 16.9 Å². The van der Waals surface area contributed by atoms with Crippen LogP contribution in [0.2, 0.25) is 5.02 Å². The van der Waals surface area contributed by atoms with Gasteiger partial charge < -0.3 is 9.47 Å². The molecule has 0 radical (unpaired) electrons. The summed E-state index contributed by atoms with van der Waals surface area (Å²) in [6.45, 7) is 4.95. The molecule has 0 atom stereocenters. The number of halogens is 1. The zero-order valence-electron chi connectivity index (χ0n) is 15.0. The van der Waals surface area contributed by atoms with Gasteiger partial charge in [0.1, 0.15) is 11.5 Å². The van der Waals surface area contributed by atoms with Crippen molar-refractivity contribution in [2.75, 3.05) is 13.2 Å². The lowest BCUT2D eigenvalue weighted by atomic mass is 10.2. The van der Waals surface area contributed by atoms with Crippen LogP contribution in [-0.2, 0) is 0 Å². The average molecular weight is 403 g/mol. The number of para-hydroxylation sites is 1. The standard InChI is InChI=1S/C19H19ClN4O2S/c1-3-25-16-8-6-5-7-14(16)18-22-23-19(27)24(18)21-12-13-9-10-17(26-4-2)15(20)11-13/h5-12H,3-4H2,1-2H3,(H,23,27)/b21-12-. The van der Waals surface area contributed by atoms with Crippen LogP contribution in [0.4, 0.5) is 0 Å². The smallest absolute Gasteiger partial charge is 0.216 e. The molecule has 1 aromatic heterocycles. The summed E-state index contributed by atoms with van der Waals surface area (Å²) >= 11 is 11.6. The summed E-state index contributed by atoms with van der Waals surface area (Å²) in [6.07, 6.45) is 1.67. The van der Waals surface area contributed by atoms with Crippen LogP contribution in [0, 0.1) is 4.77 Å². The lowest BCUT2D eigenvalue weighted by molar-refractivity contribution is 0.340. The summed E-state index contributed by atoms with van der Waals surface area (Å²) in [7, 11) is 0. The number of hydrogen-bond acceptors (Lipinski definition) is 5. The molecule has 6 nitrogen and oxygen atoms in total. The molecule has 1 heterocycles. The number of nitrogens with one attached hydrogen (secondary N) is 1. The highest BCUT2D eigenvalue weighted by molar-refractivity contribution is 7.71. The molecule has 0 spiro atoms. The Kier molecular flexibility index (Phi) is 6.26. The molecule has 8 heteroatoms. The van der Waals surface area contributed by atoms with Crippen LogP contribution in [0.3, 0.4) is 0 Å². The molecule has 0 saturated heterocycles. The molecule has 0 amide bonds. The van der Waals surface area contributed by atoms with Gasteiger partial charge in [-0.05, 0) is 62.0 Å². The summed E-state index contributed by atoms with van der Waals surface area (Å²) in [5.74, 6) is 1.93. The first-order valence-corrected chi connectivity index (χ1v) is 9.29. The summed E-state index contributed by atoms with van der Waals surface area (Å²) in [5, 5.41) is 12.1. The van der Waals surface area contributed by atoms with Crippen LogP contribution < -0.4 is 9.47 Å². The second kappa shape index (κ2) is 8.83.